The summed E-state index contributed by atoms with van der Waals surface area (Å²) in [6.07, 6.45) is 4.60. The highest BCUT2D eigenvalue weighted by molar-refractivity contribution is 6.31. The standard InChI is InChI=1S/C26H34ClN5O2/c1-26(2,3)34-25(33)32-12-6-7-17-14-31(15-22(17)32)23-19-11-10-16(13-21(19)29-24(28)30-23)18-8-4-5-9-20(18)27/h4-5,8-9,16-17,22H,6-7,10-15H2,1-3H3,(H2,28,29,30)/t16?,17-,22+/m1/s1. The molecule has 5 rings (SSSR count). The Kier molecular flexibility index (Phi) is 6.09. The van der Waals surface area contributed by atoms with E-state index in [4.69, 9.17) is 27.1 Å². The number of carbonyl (C=O) groups excluding carboxylic acids is 1. The zero-order chi connectivity index (χ0) is 24.0. The quantitative estimate of drug-likeness (QED) is 0.659. The van der Waals surface area contributed by atoms with Crippen molar-refractivity contribution in [3.8, 4) is 0 Å². The number of anilines is 2. The van der Waals surface area contributed by atoms with E-state index in [0.29, 0.717) is 17.8 Å². The molecule has 3 atom stereocenters. The molecule has 1 aliphatic carbocycles. The van der Waals surface area contributed by atoms with Crippen molar-refractivity contribution >= 4 is 29.5 Å². The van der Waals surface area contributed by atoms with E-state index in [-0.39, 0.29) is 12.1 Å². The maximum atomic E-state index is 12.9. The number of nitrogens with zero attached hydrogens (tertiary/aromatic N) is 4. The average molecular weight is 484 g/mol. The van der Waals surface area contributed by atoms with Crippen molar-refractivity contribution in [3.05, 3.63) is 46.1 Å². The maximum Gasteiger partial charge on any atom is 0.410 e. The van der Waals surface area contributed by atoms with Gasteiger partial charge >= 0.3 is 6.09 Å². The van der Waals surface area contributed by atoms with E-state index in [1.165, 1.54) is 11.1 Å². The van der Waals surface area contributed by atoms with Gasteiger partial charge in [0.25, 0.3) is 0 Å². The molecule has 0 saturated carbocycles. The number of amides is 1. The van der Waals surface area contributed by atoms with Gasteiger partial charge in [0.1, 0.15) is 11.4 Å². The van der Waals surface area contributed by atoms with Crippen LogP contribution in [0.4, 0.5) is 16.6 Å². The highest BCUT2D eigenvalue weighted by Gasteiger charge is 2.43. The lowest BCUT2D eigenvalue weighted by Gasteiger charge is -2.37. The Morgan fingerprint density at radius 1 is 1.18 bits per heavy atom. The summed E-state index contributed by atoms with van der Waals surface area (Å²) in [5.41, 5.74) is 9.09. The Balaban J connectivity index is 1.38. The molecular weight excluding hydrogens is 450 g/mol. The summed E-state index contributed by atoms with van der Waals surface area (Å²) in [7, 11) is 0. The molecule has 0 radical (unpaired) electrons. The van der Waals surface area contributed by atoms with Crippen molar-refractivity contribution in [2.24, 2.45) is 5.92 Å². The lowest BCUT2D eigenvalue weighted by molar-refractivity contribution is 0.00669. The summed E-state index contributed by atoms with van der Waals surface area (Å²) < 4.78 is 5.71. The summed E-state index contributed by atoms with van der Waals surface area (Å²) in [5.74, 6) is 1.99. The van der Waals surface area contributed by atoms with Crippen LogP contribution in [-0.4, -0.2) is 52.2 Å². The topological polar surface area (TPSA) is 84.6 Å². The Bertz CT molecular complexity index is 1090. The predicted molar refractivity (Wildman–Crippen MR) is 134 cm³/mol. The Morgan fingerprint density at radius 3 is 2.74 bits per heavy atom. The third-order valence-corrected chi connectivity index (χ3v) is 7.67. The van der Waals surface area contributed by atoms with Crippen molar-refractivity contribution in [1.82, 2.24) is 14.9 Å². The van der Waals surface area contributed by atoms with Crippen LogP contribution in [0.25, 0.3) is 0 Å². The second kappa shape index (κ2) is 8.91. The predicted octanol–water partition coefficient (Wildman–Crippen LogP) is 4.82. The minimum Gasteiger partial charge on any atom is -0.444 e. The average Bonchev–Trinajstić information content (AvgIpc) is 3.21. The number of fused-ring (bicyclic) bond motifs is 2. The first kappa shape index (κ1) is 23.2. The summed E-state index contributed by atoms with van der Waals surface area (Å²) in [6.45, 7) is 8.12. The third-order valence-electron chi connectivity index (χ3n) is 7.32. The van der Waals surface area contributed by atoms with Crippen molar-refractivity contribution in [1.29, 1.82) is 0 Å². The number of piperidine rings is 1. The second-order valence-corrected chi connectivity index (χ2v) is 11.2. The zero-order valence-electron chi connectivity index (χ0n) is 20.3. The molecule has 8 heteroatoms. The lowest BCUT2D eigenvalue weighted by atomic mass is 9.82. The highest BCUT2D eigenvalue weighted by atomic mass is 35.5. The number of hydrogen-bond acceptors (Lipinski definition) is 6. The smallest absolute Gasteiger partial charge is 0.410 e. The first-order valence-corrected chi connectivity index (χ1v) is 12.7. The second-order valence-electron chi connectivity index (χ2n) is 10.8. The van der Waals surface area contributed by atoms with Crippen LogP contribution in [0.1, 0.15) is 62.8 Å². The number of hydrogen-bond donors (Lipinski definition) is 1. The first-order chi connectivity index (χ1) is 16.2. The van der Waals surface area contributed by atoms with Gasteiger partial charge in [-0.2, -0.15) is 4.98 Å². The van der Waals surface area contributed by atoms with Gasteiger partial charge in [-0.3, -0.25) is 0 Å². The van der Waals surface area contributed by atoms with Crippen LogP contribution in [-0.2, 0) is 17.6 Å². The fraction of sp³-hybridized carbons (Fsp3) is 0.577. The van der Waals surface area contributed by atoms with Crippen molar-refractivity contribution in [2.45, 2.75) is 70.4 Å². The molecule has 34 heavy (non-hydrogen) atoms. The molecule has 1 aromatic heterocycles. The van der Waals surface area contributed by atoms with Crippen LogP contribution < -0.4 is 10.6 Å². The Morgan fingerprint density at radius 2 is 1.97 bits per heavy atom. The number of nitrogen functional groups attached to an aromatic ring is 1. The monoisotopic (exact) mass is 483 g/mol. The van der Waals surface area contributed by atoms with Crippen LogP contribution >= 0.6 is 11.6 Å². The molecule has 2 N–H and O–H groups in total. The number of carbonyl (C=O) groups is 1. The number of likely N-dealkylation sites (tertiary alicyclic amines) is 1. The largest absolute Gasteiger partial charge is 0.444 e. The van der Waals surface area contributed by atoms with Gasteiger partial charge in [0.15, 0.2) is 0 Å². The van der Waals surface area contributed by atoms with E-state index in [2.05, 4.69) is 16.0 Å². The van der Waals surface area contributed by atoms with E-state index in [0.717, 1.165) is 68.3 Å². The van der Waals surface area contributed by atoms with Gasteiger partial charge in [0.2, 0.25) is 5.95 Å². The van der Waals surface area contributed by atoms with Crippen LogP contribution in [0.2, 0.25) is 5.02 Å². The van der Waals surface area contributed by atoms with Gasteiger partial charge in [-0.05, 0) is 76.3 Å². The maximum absolute atomic E-state index is 12.9. The number of nitrogens with two attached hydrogens (primary N) is 1. The van der Waals surface area contributed by atoms with Crippen molar-refractivity contribution in [3.63, 3.8) is 0 Å². The fourth-order valence-electron chi connectivity index (χ4n) is 5.85. The SMILES string of the molecule is CC(C)(C)OC(=O)N1CCC[C@@H]2CN(c3nc(N)nc4c3CCC(c3ccccc3Cl)C4)C[C@@H]21. The molecule has 3 aliphatic rings. The summed E-state index contributed by atoms with van der Waals surface area (Å²) in [4.78, 5) is 26.5. The van der Waals surface area contributed by atoms with E-state index < -0.39 is 5.60 Å². The van der Waals surface area contributed by atoms with E-state index in [1.807, 2.05) is 43.9 Å². The summed E-state index contributed by atoms with van der Waals surface area (Å²) in [6, 6.07) is 8.21. The first-order valence-electron chi connectivity index (χ1n) is 12.3. The minimum atomic E-state index is -0.499. The van der Waals surface area contributed by atoms with Crippen molar-refractivity contribution < 1.29 is 9.53 Å². The van der Waals surface area contributed by atoms with Crippen LogP contribution in [0.15, 0.2) is 24.3 Å². The number of rotatable bonds is 2. The third kappa shape index (κ3) is 4.54. The fourth-order valence-corrected chi connectivity index (χ4v) is 6.14. The van der Waals surface area contributed by atoms with Gasteiger partial charge in [-0.1, -0.05) is 29.8 Å². The molecule has 0 spiro atoms. The van der Waals surface area contributed by atoms with Crippen molar-refractivity contribution in [2.75, 3.05) is 30.3 Å². The lowest BCUT2D eigenvalue weighted by Crippen LogP contribution is -2.50. The van der Waals surface area contributed by atoms with E-state index in [1.54, 1.807) is 0 Å². The Hall–Kier alpha value is -2.54. The number of ether oxygens (including phenoxy) is 1. The van der Waals surface area contributed by atoms with E-state index >= 15 is 0 Å². The van der Waals surface area contributed by atoms with Crippen LogP contribution in [0, 0.1) is 5.92 Å². The van der Waals surface area contributed by atoms with Gasteiger partial charge < -0.3 is 20.3 Å². The molecule has 1 unspecified atom stereocenters. The van der Waals surface area contributed by atoms with Gasteiger partial charge in [-0.15, -0.1) is 0 Å². The zero-order valence-corrected chi connectivity index (χ0v) is 21.0. The number of aromatic nitrogens is 2. The van der Waals surface area contributed by atoms with Crippen LogP contribution in [0.3, 0.4) is 0 Å². The molecule has 2 aromatic rings. The molecule has 7 nitrogen and oxygen atoms in total. The highest BCUT2D eigenvalue weighted by Crippen LogP contribution is 2.40. The number of benzene rings is 1. The molecule has 2 aliphatic heterocycles. The van der Waals surface area contributed by atoms with Crippen LogP contribution in [0.5, 0.6) is 0 Å². The van der Waals surface area contributed by atoms with Gasteiger partial charge in [0.05, 0.1) is 11.7 Å². The number of halogens is 1. The molecule has 1 aromatic carbocycles. The molecule has 1 amide bonds. The summed E-state index contributed by atoms with van der Waals surface area (Å²) in [5, 5.41) is 0.809. The molecule has 182 valence electrons. The Labute approximate surface area is 206 Å². The molecule has 2 fully saturated rings. The van der Waals surface area contributed by atoms with Gasteiger partial charge in [-0.25, -0.2) is 9.78 Å². The minimum absolute atomic E-state index is 0.134. The summed E-state index contributed by atoms with van der Waals surface area (Å²) >= 11 is 6.49. The van der Waals surface area contributed by atoms with E-state index in [9.17, 15) is 4.79 Å². The molecule has 0 bridgehead atoms. The van der Waals surface area contributed by atoms with Gasteiger partial charge in [0, 0.05) is 30.2 Å². The molecule has 2 saturated heterocycles. The molecule has 3 heterocycles. The normalized spacial score (nSPS) is 24.5. The molecular formula is C26H34ClN5O2.